The number of nitrogens with zero attached hydrogens (tertiary/aromatic N) is 1. The third kappa shape index (κ3) is 4.68. The fourth-order valence-electron chi connectivity index (χ4n) is 4.14. The van der Waals surface area contributed by atoms with Crippen LogP contribution in [0.3, 0.4) is 0 Å². The van der Waals surface area contributed by atoms with Crippen molar-refractivity contribution >= 4 is 38.2 Å². The number of benzene rings is 3. The van der Waals surface area contributed by atoms with Crippen LogP contribution < -0.4 is 5.32 Å². The third-order valence-corrected chi connectivity index (χ3v) is 7.92. The van der Waals surface area contributed by atoms with E-state index in [1.54, 1.807) is 48.5 Å². The standard InChI is InChI=1S/C27H24N2O6S/c30-23(20-9-6-10-21(17-20)36(32,33)29-13-15-34-16-14-29)18-28-25-22-11-4-5-12-24(22)35-27(25)26(31)19-7-2-1-3-8-19/h1-12,17,28H,13-16,18H2. The van der Waals surface area contributed by atoms with Gasteiger partial charge in [0, 0.05) is 29.6 Å². The summed E-state index contributed by atoms with van der Waals surface area (Å²) >= 11 is 0. The molecule has 1 fully saturated rings. The number of Topliss-reactive ketones (excluding diaryl/α,β-unsaturated/α-hetero) is 1. The highest BCUT2D eigenvalue weighted by Gasteiger charge is 2.27. The van der Waals surface area contributed by atoms with E-state index in [0.29, 0.717) is 35.4 Å². The quantitative estimate of drug-likeness (QED) is 0.362. The summed E-state index contributed by atoms with van der Waals surface area (Å²) in [7, 11) is -3.73. The lowest BCUT2D eigenvalue weighted by molar-refractivity contribution is 0.0730. The maximum Gasteiger partial charge on any atom is 0.243 e. The van der Waals surface area contributed by atoms with Gasteiger partial charge in [-0.05, 0) is 24.3 Å². The molecular formula is C27H24N2O6S. The van der Waals surface area contributed by atoms with Crippen LogP contribution >= 0.6 is 0 Å². The number of hydrogen-bond donors (Lipinski definition) is 1. The van der Waals surface area contributed by atoms with Gasteiger partial charge in [-0.2, -0.15) is 4.31 Å². The molecule has 1 aliphatic heterocycles. The monoisotopic (exact) mass is 504 g/mol. The van der Waals surface area contributed by atoms with Crippen LogP contribution in [0.25, 0.3) is 11.0 Å². The largest absolute Gasteiger partial charge is 0.450 e. The van der Waals surface area contributed by atoms with E-state index in [0.717, 1.165) is 0 Å². The van der Waals surface area contributed by atoms with Crippen molar-refractivity contribution in [3.63, 3.8) is 0 Å². The first-order chi connectivity index (χ1) is 17.4. The van der Waals surface area contributed by atoms with Crippen molar-refractivity contribution in [1.82, 2.24) is 4.31 Å². The van der Waals surface area contributed by atoms with Crippen molar-refractivity contribution in [3.8, 4) is 0 Å². The number of ketones is 2. The van der Waals surface area contributed by atoms with Gasteiger partial charge in [-0.1, -0.05) is 54.6 Å². The molecule has 0 saturated carbocycles. The second-order valence-electron chi connectivity index (χ2n) is 8.32. The first kappa shape index (κ1) is 23.9. The van der Waals surface area contributed by atoms with Crippen LogP contribution in [0.2, 0.25) is 0 Å². The molecule has 0 atom stereocenters. The van der Waals surface area contributed by atoms with Gasteiger partial charge in [-0.25, -0.2) is 8.42 Å². The van der Waals surface area contributed by atoms with Crippen molar-refractivity contribution in [3.05, 3.63) is 95.7 Å². The lowest BCUT2D eigenvalue weighted by Gasteiger charge is -2.26. The number of ether oxygens (including phenoxy) is 1. The fraction of sp³-hybridized carbons (Fsp3) is 0.185. The zero-order chi connectivity index (χ0) is 25.1. The van der Waals surface area contributed by atoms with E-state index in [1.165, 1.54) is 16.4 Å². The summed E-state index contributed by atoms with van der Waals surface area (Å²) in [6.07, 6.45) is 0. The number of fused-ring (bicyclic) bond motifs is 1. The number of morpholine rings is 1. The van der Waals surface area contributed by atoms with Crippen LogP contribution in [0.1, 0.15) is 26.5 Å². The van der Waals surface area contributed by atoms with E-state index in [9.17, 15) is 18.0 Å². The van der Waals surface area contributed by atoms with Crippen molar-refractivity contribution in [2.24, 2.45) is 0 Å². The Balaban J connectivity index is 1.40. The van der Waals surface area contributed by atoms with Crippen LogP contribution in [0, 0.1) is 0 Å². The number of sulfonamides is 1. The zero-order valence-electron chi connectivity index (χ0n) is 19.3. The topological polar surface area (TPSA) is 106 Å². The maximum atomic E-state index is 13.2. The number of rotatable bonds is 8. The molecule has 0 unspecified atom stereocenters. The molecule has 0 bridgehead atoms. The number of carbonyl (C=O) groups is 2. The van der Waals surface area contributed by atoms with E-state index < -0.39 is 10.0 Å². The van der Waals surface area contributed by atoms with Crippen LogP contribution in [0.15, 0.2) is 88.2 Å². The third-order valence-electron chi connectivity index (χ3n) is 6.03. The molecule has 1 saturated heterocycles. The molecule has 1 aliphatic rings. The zero-order valence-corrected chi connectivity index (χ0v) is 20.2. The highest BCUT2D eigenvalue weighted by atomic mass is 32.2. The Morgan fingerprint density at radius 2 is 1.56 bits per heavy atom. The molecule has 0 aliphatic carbocycles. The molecule has 0 spiro atoms. The minimum Gasteiger partial charge on any atom is -0.450 e. The van der Waals surface area contributed by atoms with Gasteiger partial charge in [-0.15, -0.1) is 0 Å². The second-order valence-corrected chi connectivity index (χ2v) is 10.3. The SMILES string of the molecule is O=C(CNc1c(C(=O)c2ccccc2)oc2ccccc12)c1cccc(S(=O)(=O)N2CCOCC2)c1. The lowest BCUT2D eigenvalue weighted by Crippen LogP contribution is -2.40. The van der Waals surface area contributed by atoms with E-state index in [-0.39, 0.29) is 47.4 Å². The van der Waals surface area contributed by atoms with E-state index in [1.807, 2.05) is 18.2 Å². The van der Waals surface area contributed by atoms with Gasteiger partial charge < -0.3 is 14.5 Å². The Morgan fingerprint density at radius 3 is 2.33 bits per heavy atom. The summed E-state index contributed by atoms with van der Waals surface area (Å²) in [6, 6.07) is 21.9. The summed E-state index contributed by atoms with van der Waals surface area (Å²) in [4.78, 5) is 26.3. The van der Waals surface area contributed by atoms with Gasteiger partial charge in [0.2, 0.25) is 15.8 Å². The Labute approximate surface area is 208 Å². The van der Waals surface area contributed by atoms with Gasteiger partial charge in [0.05, 0.1) is 30.3 Å². The molecule has 0 amide bonds. The summed E-state index contributed by atoms with van der Waals surface area (Å²) in [5, 5.41) is 3.74. The predicted octanol–water partition coefficient (Wildman–Crippen LogP) is 3.98. The Kier molecular flexibility index (Phi) is 6.69. The van der Waals surface area contributed by atoms with Crippen LogP contribution in [-0.2, 0) is 14.8 Å². The first-order valence-corrected chi connectivity index (χ1v) is 13.0. The molecular weight excluding hydrogens is 480 g/mol. The number of para-hydroxylation sites is 1. The number of carbonyl (C=O) groups excluding carboxylic acids is 2. The maximum absolute atomic E-state index is 13.2. The van der Waals surface area contributed by atoms with Crippen LogP contribution in [0.4, 0.5) is 5.69 Å². The lowest BCUT2D eigenvalue weighted by atomic mass is 10.1. The number of nitrogens with one attached hydrogen (secondary N) is 1. The Hall–Kier alpha value is -3.79. The van der Waals surface area contributed by atoms with Crippen molar-refractivity contribution < 1.29 is 27.2 Å². The minimum atomic E-state index is -3.73. The average Bonchev–Trinajstić information content (AvgIpc) is 3.31. The summed E-state index contributed by atoms with van der Waals surface area (Å²) < 4.78 is 38.5. The highest BCUT2D eigenvalue weighted by Crippen LogP contribution is 2.32. The summed E-state index contributed by atoms with van der Waals surface area (Å²) in [5.74, 6) is -0.517. The molecule has 1 aromatic heterocycles. The van der Waals surface area contributed by atoms with Crippen molar-refractivity contribution in [2.75, 3.05) is 38.2 Å². The predicted molar refractivity (Wildman–Crippen MR) is 135 cm³/mol. The number of furan rings is 1. The Bertz CT molecular complexity index is 1520. The van der Waals surface area contributed by atoms with Gasteiger partial charge in [0.25, 0.3) is 0 Å². The number of anilines is 1. The summed E-state index contributed by atoms with van der Waals surface area (Å²) in [6.45, 7) is 1.07. The molecule has 0 radical (unpaired) electrons. The molecule has 2 heterocycles. The van der Waals surface area contributed by atoms with E-state index in [4.69, 9.17) is 9.15 Å². The molecule has 8 nitrogen and oxygen atoms in total. The second kappa shape index (κ2) is 10.1. The van der Waals surface area contributed by atoms with Gasteiger partial charge in [-0.3, -0.25) is 9.59 Å². The van der Waals surface area contributed by atoms with E-state index in [2.05, 4.69) is 5.32 Å². The molecule has 4 aromatic rings. The molecule has 3 aromatic carbocycles. The number of hydrogen-bond acceptors (Lipinski definition) is 7. The Morgan fingerprint density at radius 1 is 0.861 bits per heavy atom. The van der Waals surface area contributed by atoms with Gasteiger partial charge in [0.15, 0.2) is 11.5 Å². The van der Waals surface area contributed by atoms with Gasteiger partial charge in [0.1, 0.15) is 5.58 Å². The van der Waals surface area contributed by atoms with Crippen LogP contribution in [0.5, 0.6) is 0 Å². The summed E-state index contributed by atoms with van der Waals surface area (Å²) in [5.41, 5.74) is 1.66. The van der Waals surface area contributed by atoms with E-state index >= 15 is 0 Å². The smallest absolute Gasteiger partial charge is 0.243 e. The molecule has 5 rings (SSSR count). The first-order valence-electron chi connectivity index (χ1n) is 11.5. The molecule has 1 N–H and O–H groups in total. The van der Waals surface area contributed by atoms with Crippen LogP contribution in [-0.4, -0.2) is 57.1 Å². The fourth-order valence-corrected chi connectivity index (χ4v) is 5.59. The minimum absolute atomic E-state index is 0.0592. The molecule has 36 heavy (non-hydrogen) atoms. The van der Waals surface area contributed by atoms with Crippen molar-refractivity contribution in [1.29, 1.82) is 0 Å². The molecule has 9 heteroatoms. The average molecular weight is 505 g/mol. The highest BCUT2D eigenvalue weighted by molar-refractivity contribution is 7.89. The van der Waals surface area contributed by atoms with Crippen molar-refractivity contribution in [2.45, 2.75) is 4.90 Å². The normalized spacial score (nSPS) is 14.6. The molecule has 184 valence electrons. The van der Waals surface area contributed by atoms with Gasteiger partial charge >= 0.3 is 0 Å².